The molecule has 0 aromatic rings. The van der Waals surface area contributed by atoms with E-state index in [0.29, 0.717) is 0 Å². The van der Waals surface area contributed by atoms with Crippen molar-refractivity contribution >= 4 is 0 Å². The molecular weight excluding hydrogens is 174 g/mol. The molecule has 82 valence electrons. The first kappa shape index (κ1) is 10.4. The zero-order valence-electron chi connectivity index (χ0n) is 9.30. The Labute approximate surface area is 87.4 Å². The lowest BCUT2D eigenvalue weighted by Crippen LogP contribution is -2.22. The summed E-state index contributed by atoms with van der Waals surface area (Å²) in [6.07, 6.45) is 8.32. The van der Waals surface area contributed by atoms with Crippen LogP contribution in [-0.4, -0.2) is 26.3 Å². The molecule has 2 heteroatoms. The number of nitrogens with one attached hydrogen (secondary N) is 1. The van der Waals surface area contributed by atoms with E-state index >= 15 is 0 Å². The second-order valence-electron chi connectivity index (χ2n) is 4.96. The smallest absolute Gasteiger partial charge is 0.0468 e. The molecule has 1 N–H and O–H groups in total. The summed E-state index contributed by atoms with van der Waals surface area (Å²) in [5.41, 5.74) is 0. The highest BCUT2D eigenvalue weighted by Gasteiger charge is 2.26. The molecule has 2 aliphatic rings. The largest absolute Gasteiger partial charge is 0.381 e. The van der Waals surface area contributed by atoms with Crippen LogP contribution in [0.4, 0.5) is 0 Å². The summed E-state index contributed by atoms with van der Waals surface area (Å²) >= 11 is 0. The summed E-state index contributed by atoms with van der Waals surface area (Å²) in [4.78, 5) is 0. The topological polar surface area (TPSA) is 21.3 Å². The van der Waals surface area contributed by atoms with Crippen molar-refractivity contribution in [3.05, 3.63) is 0 Å². The summed E-state index contributed by atoms with van der Waals surface area (Å²) in [7, 11) is 2.10. The van der Waals surface area contributed by atoms with Crippen LogP contribution in [0.1, 0.15) is 38.5 Å². The Hall–Kier alpha value is -0.0800. The summed E-state index contributed by atoms with van der Waals surface area (Å²) < 4.78 is 5.39. The van der Waals surface area contributed by atoms with Crippen LogP contribution >= 0.6 is 0 Å². The van der Waals surface area contributed by atoms with Gasteiger partial charge in [0.2, 0.25) is 0 Å². The first-order chi connectivity index (χ1) is 6.88. The summed E-state index contributed by atoms with van der Waals surface area (Å²) in [6.45, 7) is 2.01. The van der Waals surface area contributed by atoms with Gasteiger partial charge in [-0.2, -0.15) is 0 Å². The van der Waals surface area contributed by atoms with Gasteiger partial charge in [0.05, 0.1) is 0 Å². The standard InChI is InChI=1S/C12H23NO/c1-13-12-3-2-11(9-12)8-10-4-6-14-7-5-10/h10-13H,2-9H2,1H3. The fourth-order valence-corrected chi connectivity index (χ4v) is 3.00. The van der Waals surface area contributed by atoms with Gasteiger partial charge < -0.3 is 10.1 Å². The fourth-order valence-electron chi connectivity index (χ4n) is 3.00. The molecule has 14 heavy (non-hydrogen) atoms. The van der Waals surface area contributed by atoms with Gasteiger partial charge in [0.15, 0.2) is 0 Å². The van der Waals surface area contributed by atoms with Gasteiger partial charge in [-0.05, 0) is 57.4 Å². The summed E-state index contributed by atoms with van der Waals surface area (Å²) in [5, 5.41) is 3.41. The Morgan fingerprint density at radius 3 is 2.50 bits per heavy atom. The van der Waals surface area contributed by atoms with Crippen LogP contribution in [0.5, 0.6) is 0 Å². The molecule has 0 spiro atoms. The molecule has 1 aliphatic carbocycles. The van der Waals surface area contributed by atoms with E-state index in [9.17, 15) is 0 Å². The van der Waals surface area contributed by atoms with E-state index in [4.69, 9.17) is 4.74 Å². The number of hydrogen-bond acceptors (Lipinski definition) is 2. The number of hydrogen-bond donors (Lipinski definition) is 1. The van der Waals surface area contributed by atoms with Gasteiger partial charge in [-0.3, -0.25) is 0 Å². The average Bonchev–Trinajstić information content (AvgIpc) is 2.67. The molecule has 2 atom stereocenters. The molecule has 0 amide bonds. The maximum atomic E-state index is 5.39. The average molecular weight is 197 g/mol. The molecule has 1 saturated heterocycles. The van der Waals surface area contributed by atoms with Crippen molar-refractivity contribution in [3.63, 3.8) is 0 Å². The van der Waals surface area contributed by atoms with Crippen LogP contribution in [0.25, 0.3) is 0 Å². The molecule has 1 heterocycles. The number of ether oxygens (including phenoxy) is 1. The predicted octanol–water partition coefficient (Wildman–Crippen LogP) is 2.19. The third kappa shape index (κ3) is 2.71. The lowest BCUT2D eigenvalue weighted by atomic mass is 9.88. The zero-order chi connectivity index (χ0) is 9.80. The first-order valence-corrected chi connectivity index (χ1v) is 6.13. The lowest BCUT2D eigenvalue weighted by molar-refractivity contribution is 0.0587. The van der Waals surface area contributed by atoms with Crippen molar-refractivity contribution in [2.24, 2.45) is 11.8 Å². The van der Waals surface area contributed by atoms with Crippen molar-refractivity contribution in [1.29, 1.82) is 0 Å². The lowest BCUT2D eigenvalue weighted by Gasteiger charge is -2.24. The highest BCUT2D eigenvalue weighted by atomic mass is 16.5. The van der Waals surface area contributed by atoms with Crippen molar-refractivity contribution in [2.75, 3.05) is 20.3 Å². The molecular formula is C12H23NO. The quantitative estimate of drug-likeness (QED) is 0.749. The van der Waals surface area contributed by atoms with E-state index in [1.807, 2.05) is 0 Å². The Morgan fingerprint density at radius 2 is 1.86 bits per heavy atom. The maximum absolute atomic E-state index is 5.39. The summed E-state index contributed by atoms with van der Waals surface area (Å²) in [6, 6.07) is 0.805. The van der Waals surface area contributed by atoms with Gasteiger partial charge in [0.25, 0.3) is 0 Å². The number of rotatable bonds is 3. The van der Waals surface area contributed by atoms with E-state index in [2.05, 4.69) is 12.4 Å². The Morgan fingerprint density at radius 1 is 1.07 bits per heavy atom. The van der Waals surface area contributed by atoms with E-state index in [0.717, 1.165) is 31.1 Å². The van der Waals surface area contributed by atoms with E-state index in [-0.39, 0.29) is 0 Å². The van der Waals surface area contributed by atoms with Gasteiger partial charge in [0.1, 0.15) is 0 Å². The van der Waals surface area contributed by atoms with Gasteiger partial charge in [0, 0.05) is 19.3 Å². The molecule has 0 bridgehead atoms. The van der Waals surface area contributed by atoms with Crippen LogP contribution in [0.15, 0.2) is 0 Å². The highest BCUT2D eigenvalue weighted by molar-refractivity contribution is 4.81. The van der Waals surface area contributed by atoms with Gasteiger partial charge >= 0.3 is 0 Å². The van der Waals surface area contributed by atoms with Crippen molar-refractivity contribution in [1.82, 2.24) is 5.32 Å². The molecule has 0 radical (unpaired) electrons. The Kier molecular flexibility index (Phi) is 3.82. The molecule has 0 aromatic heterocycles. The third-order valence-corrected chi connectivity index (χ3v) is 3.96. The van der Waals surface area contributed by atoms with E-state index in [1.54, 1.807) is 0 Å². The minimum atomic E-state index is 0.805. The van der Waals surface area contributed by atoms with Crippen molar-refractivity contribution in [3.8, 4) is 0 Å². The molecule has 0 aromatic carbocycles. The first-order valence-electron chi connectivity index (χ1n) is 6.13. The minimum absolute atomic E-state index is 0.805. The van der Waals surface area contributed by atoms with Crippen LogP contribution < -0.4 is 5.32 Å². The summed E-state index contributed by atoms with van der Waals surface area (Å²) in [5.74, 6) is 1.96. The van der Waals surface area contributed by atoms with Crippen LogP contribution in [0, 0.1) is 11.8 Å². The van der Waals surface area contributed by atoms with Crippen LogP contribution in [-0.2, 0) is 4.74 Å². The van der Waals surface area contributed by atoms with Crippen molar-refractivity contribution < 1.29 is 4.74 Å². The van der Waals surface area contributed by atoms with Gasteiger partial charge in [-0.15, -0.1) is 0 Å². The molecule has 2 nitrogen and oxygen atoms in total. The van der Waals surface area contributed by atoms with E-state index in [1.165, 1.54) is 38.5 Å². The Bertz CT molecular complexity index is 166. The maximum Gasteiger partial charge on any atom is 0.0468 e. The molecule has 2 unspecified atom stereocenters. The van der Waals surface area contributed by atoms with Crippen molar-refractivity contribution in [2.45, 2.75) is 44.6 Å². The molecule has 1 aliphatic heterocycles. The monoisotopic (exact) mass is 197 g/mol. The predicted molar refractivity (Wildman–Crippen MR) is 58.3 cm³/mol. The van der Waals surface area contributed by atoms with Crippen LogP contribution in [0.2, 0.25) is 0 Å². The Balaban J connectivity index is 1.69. The van der Waals surface area contributed by atoms with Gasteiger partial charge in [-0.25, -0.2) is 0 Å². The third-order valence-electron chi connectivity index (χ3n) is 3.96. The molecule has 2 rings (SSSR count). The normalized spacial score (nSPS) is 34.9. The molecule has 1 saturated carbocycles. The fraction of sp³-hybridized carbons (Fsp3) is 1.00. The minimum Gasteiger partial charge on any atom is -0.381 e. The van der Waals surface area contributed by atoms with Crippen LogP contribution in [0.3, 0.4) is 0 Å². The second-order valence-corrected chi connectivity index (χ2v) is 4.96. The zero-order valence-corrected chi connectivity index (χ0v) is 9.30. The highest BCUT2D eigenvalue weighted by Crippen LogP contribution is 2.33. The SMILES string of the molecule is CNC1CCC(CC2CCOCC2)C1. The molecule has 2 fully saturated rings. The van der Waals surface area contributed by atoms with E-state index < -0.39 is 0 Å². The van der Waals surface area contributed by atoms with Gasteiger partial charge in [-0.1, -0.05) is 0 Å². The second kappa shape index (κ2) is 5.13.